The van der Waals surface area contributed by atoms with E-state index in [-0.39, 0.29) is 0 Å². The summed E-state index contributed by atoms with van der Waals surface area (Å²) in [5.41, 5.74) is 0. The van der Waals surface area contributed by atoms with Crippen LogP contribution in [0.25, 0.3) is 0 Å². The molecule has 5 heteroatoms. The highest BCUT2D eigenvalue weighted by Gasteiger charge is 2.02. The standard InChI is InChI=1S/C13H24N4O/c1-5-11-16-12(14-4)8-13(17-11)15-6-7-18-9-10(2)3/h8,10H,5-7,9H2,1-4H3,(H2,14,15,16,17). The number of ether oxygens (including phenoxy) is 1. The molecule has 0 bridgehead atoms. The van der Waals surface area contributed by atoms with Crippen LogP contribution in [0, 0.1) is 5.92 Å². The predicted molar refractivity (Wildman–Crippen MR) is 75.1 cm³/mol. The van der Waals surface area contributed by atoms with Gasteiger partial charge in [-0.1, -0.05) is 20.8 Å². The Bertz CT molecular complexity index is 333. The SMILES string of the molecule is CCc1nc(NC)cc(NCCOCC(C)C)n1. The molecule has 1 heterocycles. The Morgan fingerprint density at radius 1 is 1.28 bits per heavy atom. The third-order valence-corrected chi connectivity index (χ3v) is 2.35. The van der Waals surface area contributed by atoms with Gasteiger partial charge in [-0.25, -0.2) is 9.97 Å². The van der Waals surface area contributed by atoms with Gasteiger partial charge in [-0.2, -0.15) is 0 Å². The molecule has 0 aliphatic carbocycles. The average Bonchev–Trinajstić information content (AvgIpc) is 2.37. The molecule has 0 amide bonds. The Kier molecular flexibility index (Phi) is 6.43. The maximum atomic E-state index is 5.51. The van der Waals surface area contributed by atoms with Gasteiger partial charge in [0.2, 0.25) is 0 Å². The van der Waals surface area contributed by atoms with Crippen molar-refractivity contribution in [2.75, 3.05) is 37.4 Å². The molecule has 0 spiro atoms. The average molecular weight is 252 g/mol. The number of aromatic nitrogens is 2. The van der Waals surface area contributed by atoms with Crippen molar-refractivity contribution in [2.24, 2.45) is 5.92 Å². The van der Waals surface area contributed by atoms with Gasteiger partial charge < -0.3 is 15.4 Å². The highest BCUT2D eigenvalue weighted by molar-refractivity contribution is 5.47. The van der Waals surface area contributed by atoms with Gasteiger partial charge in [-0.15, -0.1) is 0 Å². The van der Waals surface area contributed by atoms with Crippen LogP contribution in [-0.4, -0.2) is 36.8 Å². The van der Waals surface area contributed by atoms with Gasteiger partial charge >= 0.3 is 0 Å². The molecule has 2 N–H and O–H groups in total. The molecule has 0 radical (unpaired) electrons. The third-order valence-electron chi connectivity index (χ3n) is 2.35. The first-order valence-electron chi connectivity index (χ1n) is 6.53. The number of nitrogens with one attached hydrogen (secondary N) is 2. The molecule has 1 rings (SSSR count). The fraction of sp³-hybridized carbons (Fsp3) is 0.692. The van der Waals surface area contributed by atoms with Crippen LogP contribution in [-0.2, 0) is 11.2 Å². The first-order valence-corrected chi connectivity index (χ1v) is 6.53. The molecule has 5 nitrogen and oxygen atoms in total. The molecule has 0 unspecified atom stereocenters. The molecule has 0 aliphatic heterocycles. The zero-order valence-corrected chi connectivity index (χ0v) is 11.8. The second-order valence-corrected chi connectivity index (χ2v) is 4.55. The van der Waals surface area contributed by atoms with E-state index in [1.807, 2.05) is 20.0 Å². The van der Waals surface area contributed by atoms with Crippen LogP contribution in [0.15, 0.2) is 6.07 Å². The van der Waals surface area contributed by atoms with E-state index < -0.39 is 0 Å². The molecule has 1 aromatic rings. The van der Waals surface area contributed by atoms with Crippen molar-refractivity contribution in [1.82, 2.24) is 9.97 Å². The molecule has 0 aromatic carbocycles. The van der Waals surface area contributed by atoms with Gasteiger partial charge in [-0.05, 0) is 5.92 Å². The molecule has 0 saturated carbocycles. The summed E-state index contributed by atoms with van der Waals surface area (Å²) in [6.45, 7) is 8.58. The van der Waals surface area contributed by atoms with E-state index in [9.17, 15) is 0 Å². The minimum Gasteiger partial charge on any atom is -0.379 e. The summed E-state index contributed by atoms with van der Waals surface area (Å²) in [6, 6.07) is 1.90. The van der Waals surface area contributed by atoms with Crippen molar-refractivity contribution < 1.29 is 4.74 Å². The topological polar surface area (TPSA) is 59.1 Å². The molecule has 18 heavy (non-hydrogen) atoms. The maximum Gasteiger partial charge on any atom is 0.132 e. The highest BCUT2D eigenvalue weighted by atomic mass is 16.5. The number of anilines is 2. The summed E-state index contributed by atoms with van der Waals surface area (Å²) in [6.07, 6.45) is 0.827. The minimum atomic E-state index is 0.576. The summed E-state index contributed by atoms with van der Waals surface area (Å²) in [5.74, 6) is 3.10. The van der Waals surface area contributed by atoms with E-state index in [1.165, 1.54) is 0 Å². The summed E-state index contributed by atoms with van der Waals surface area (Å²) in [7, 11) is 1.86. The summed E-state index contributed by atoms with van der Waals surface area (Å²) in [5, 5.41) is 6.29. The Morgan fingerprint density at radius 2 is 2.00 bits per heavy atom. The van der Waals surface area contributed by atoms with E-state index in [2.05, 4.69) is 34.4 Å². The maximum absolute atomic E-state index is 5.51. The number of nitrogens with zero attached hydrogens (tertiary/aromatic N) is 2. The number of aryl methyl sites for hydroxylation is 1. The van der Waals surface area contributed by atoms with Gasteiger partial charge in [0, 0.05) is 32.7 Å². The Labute approximate surface area is 109 Å². The first-order chi connectivity index (χ1) is 8.65. The van der Waals surface area contributed by atoms with Crippen molar-refractivity contribution in [1.29, 1.82) is 0 Å². The normalized spacial score (nSPS) is 10.7. The molecular weight excluding hydrogens is 228 g/mol. The van der Waals surface area contributed by atoms with Crippen molar-refractivity contribution in [2.45, 2.75) is 27.2 Å². The smallest absolute Gasteiger partial charge is 0.132 e. The Morgan fingerprint density at radius 3 is 2.61 bits per heavy atom. The van der Waals surface area contributed by atoms with Gasteiger partial charge in [0.15, 0.2) is 0 Å². The second kappa shape index (κ2) is 7.87. The summed E-state index contributed by atoms with van der Waals surface area (Å²) in [4.78, 5) is 8.76. The lowest BCUT2D eigenvalue weighted by Crippen LogP contribution is -2.13. The Balaban J connectivity index is 2.41. The lowest BCUT2D eigenvalue weighted by molar-refractivity contribution is 0.118. The molecular formula is C13H24N4O. The van der Waals surface area contributed by atoms with Crippen molar-refractivity contribution in [3.63, 3.8) is 0 Å². The van der Waals surface area contributed by atoms with E-state index >= 15 is 0 Å². The molecule has 0 atom stereocenters. The fourth-order valence-corrected chi connectivity index (χ4v) is 1.44. The van der Waals surface area contributed by atoms with E-state index in [0.29, 0.717) is 12.5 Å². The molecule has 102 valence electrons. The summed E-state index contributed by atoms with van der Waals surface area (Å²) < 4.78 is 5.51. The molecule has 0 fully saturated rings. The van der Waals surface area contributed by atoms with Crippen LogP contribution in [0.2, 0.25) is 0 Å². The van der Waals surface area contributed by atoms with Crippen LogP contribution >= 0.6 is 0 Å². The lowest BCUT2D eigenvalue weighted by Gasteiger charge is -2.10. The monoisotopic (exact) mass is 252 g/mol. The zero-order valence-electron chi connectivity index (χ0n) is 11.8. The largest absolute Gasteiger partial charge is 0.379 e. The van der Waals surface area contributed by atoms with Gasteiger partial charge in [0.25, 0.3) is 0 Å². The van der Waals surface area contributed by atoms with Crippen LogP contribution < -0.4 is 10.6 Å². The highest BCUT2D eigenvalue weighted by Crippen LogP contribution is 2.10. The van der Waals surface area contributed by atoms with Gasteiger partial charge in [0.1, 0.15) is 17.5 Å². The van der Waals surface area contributed by atoms with Crippen molar-refractivity contribution in [3.8, 4) is 0 Å². The number of rotatable bonds is 8. The zero-order chi connectivity index (χ0) is 13.4. The van der Waals surface area contributed by atoms with Crippen LogP contribution in [0.5, 0.6) is 0 Å². The molecule has 0 saturated heterocycles. The molecule has 0 aliphatic rings. The second-order valence-electron chi connectivity index (χ2n) is 4.55. The van der Waals surface area contributed by atoms with Crippen LogP contribution in [0.4, 0.5) is 11.6 Å². The van der Waals surface area contributed by atoms with Gasteiger partial charge in [0.05, 0.1) is 6.61 Å². The van der Waals surface area contributed by atoms with Crippen LogP contribution in [0.3, 0.4) is 0 Å². The number of hydrogen-bond donors (Lipinski definition) is 2. The third kappa shape index (κ3) is 5.31. The van der Waals surface area contributed by atoms with Crippen molar-refractivity contribution in [3.05, 3.63) is 11.9 Å². The quantitative estimate of drug-likeness (QED) is 0.694. The molecule has 1 aromatic heterocycles. The summed E-state index contributed by atoms with van der Waals surface area (Å²) >= 11 is 0. The minimum absolute atomic E-state index is 0.576. The predicted octanol–water partition coefficient (Wildman–Crippen LogP) is 2.17. The van der Waals surface area contributed by atoms with E-state index in [0.717, 1.165) is 37.0 Å². The van der Waals surface area contributed by atoms with Crippen molar-refractivity contribution >= 4 is 11.6 Å². The lowest BCUT2D eigenvalue weighted by atomic mass is 10.2. The van der Waals surface area contributed by atoms with E-state index in [4.69, 9.17) is 4.74 Å². The fourth-order valence-electron chi connectivity index (χ4n) is 1.44. The number of hydrogen-bond acceptors (Lipinski definition) is 5. The van der Waals surface area contributed by atoms with Gasteiger partial charge in [-0.3, -0.25) is 0 Å². The van der Waals surface area contributed by atoms with E-state index in [1.54, 1.807) is 0 Å². The first kappa shape index (κ1) is 14.7. The Hall–Kier alpha value is -1.36. The van der Waals surface area contributed by atoms with Crippen LogP contribution in [0.1, 0.15) is 26.6 Å².